The van der Waals surface area contributed by atoms with Crippen molar-refractivity contribution in [1.29, 1.82) is 0 Å². The quantitative estimate of drug-likeness (QED) is 0.761. The third-order valence-corrected chi connectivity index (χ3v) is 2.82. The Hall–Kier alpha value is -1.04. The van der Waals surface area contributed by atoms with Crippen LogP contribution in [0.3, 0.4) is 0 Å². The number of anilines is 1. The number of nitrogens with one attached hydrogen (secondary N) is 1. The number of ether oxygens (including phenoxy) is 1. The normalized spacial score (nSPS) is 19.7. The summed E-state index contributed by atoms with van der Waals surface area (Å²) in [6.45, 7) is 1.16. The first kappa shape index (κ1) is 9.51. The molecule has 0 saturated carbocycles. The zero-order valence-electron chi connectivity index (χ0n) is 7.66. The third kappa shape index (κ3) is 1.50. The molecule has 1 aromatic heterocycles. The van der Waals surface area contributed by atoms with Gasteiger partial charge in [0.2, 0.25) is 0 Å². The topological polar surface area (TPSA) is 56.1 Å². The van der Waals surface area contributed by atoms with Gasteiger partial charge in [-0.1, -0.05) is 0 Å². The van der Waals surface area contributed by atoms with E-state index in [0.717, 1.165) is 10.3 Å². The van der Waals surface area contributed by atoms with Crippen molar-refractivity contribution in [3.63, 3.8) is 0 Å². The van der Waals surface area contributed by atoms with Gasteiger partial charge < -0.3 is 10.1 Å². The fourth-order valence-electron chi connectivity index (χ4n) is 1.49. The van der Waals surface area contributed by atoms with Crippen LogP contribution in [0.15, 0.2) is 10.7 Å². The first-order valence-corrected chi connectivity index (χ1v) is 5.04. The Balaban J connectivity index is 2.18. The summed E-state index contributed by atoms with van der Waals surface area (Å²) in [4.78, 5) is 11.3. The molecule has 6 heteroatoms. The summed E-state index contributed by atoms with van der Waals surface area (Å²) >= 11 is 3.36. The van der Waals surface area contributed by atoms with E-state index in [2.05, 4.69) is 31.1 Å². The van der Waals surface area contributed by atoms with E-state index in [4.69, 9.17) is 0 Å². The summed E-state index contributed by atoms with van der Waals surface area (Å²) in [6.07, 6.45) is 1.71. The van der Waals surface area contributed by atoms with E-state index in [1.807, 2.05) is 0 Å². The smallest absolute Gasteiger partial charge is 0.312 e. The maximum atomic E-state index is 11.3. The molecule has 0 aromatic carbocycles. The number of hydrogen-bond acceptors (Lipinski definition) is 4. The van der Waals surface area contributed by atoms with Gasteiger partial charge in [-0.2, -0.15) is 5.10 Å². The molecular formula is C8H10BrN3O2. The van der Waals surface area contributed by atoms with Gasteiger partial charge in [-0.05, 0) is 15.9 Å². The molecule has 0 bridgehead atoms. The molecule has 14 heavy (non-hydrogen) atoms. The van der Waals surface area contributed by atoms with Gasteiger partial charge in [0.15, 0.2) is 0 Å². The minimum Gasteiger partial charge on any atom is -0.469 e. The van der Waals surface area contributed by atoms with Crippen molar-refractivity contribution in [2.24, 2.45) is 5.92 Å². The first-order chi connectivity index (χ1) is 6.72. The van der Waals surface area contributed by atoms with E-state index in [1.165, 1.54) is 7.11 Å². The van der Waals surface area contributed by atoms with Crippen LogP contribution in [0.4, 0.5) is 5.82 Å². The minimum atomic E-state index is -0.199. The average Bonchev–Trinajstić information content (AvgIpc) is 2.59. The van der Waals surface area contributed by atoms with Crippen LogP contribution in [0.25, 0.3) is 0 Å². The SMILES string of the molecule is COC(=O)C1CNc2c(Br)cnn2C1. The highest BCUT2D eigenvalue weighted by molar-refractivity contribution is 9.10. The van der Waals surface area contributed by atoms with Crippen LogP contribution in [0, 0.1) is 5.92 Å². The second kappa shape index (κ2) is 3.61. The number of halogens is 1. The average molecular weight is 260 g/mol. The van der Waals surface area contributed by atoms with Gasteiger partial charge in [0, 0.05) is 6.54 Å². The molecule has 1 atom stereocenters. The number of carbonyl (C=O) groups is 1. The molecular weight excluding hydrogens is 250 g/mol. The lowest BCUT2D eigenvalue weighted by molar-refractivity contribution is -0.145. The molecule has 1 N–H and O–H groups in total. The molecule has 1 unspecified atom stereocenters. The van der Waals surface area contributed by atoms with Crippen molar-refractivity contribution in [3.8, 4) is 0 Å². The number of fused-ring (bicyclic) bond motifs is 1. The van der Waals surface area contributed by atoms with Crippen molar-refractivity contribution < 1.29 is 9.53 Å². The molecule has 1 aliphatic rings. The molecule has 1 aliphatic heterocycles. The highest BCUT2D eigenvalue weighted by Gasteiger charge is 2.26. The molecule has 0 fully saturated rings. The summed E-state index contributed by atoms with van der Waals surface area (Å²) < 4.78 is 7.36. The van der Waals surface area contributed by atoms with Crippen LogP contribution >= 0.6 is 15.9 Å². The molecule has 1 aromatic rings. The van der Waals surface area contributed by atoms with E-state index in [0.29, 0.717) is 13.1 Å². The Morgan fingerprint density at radius 1 is 1.86 bits per heavy atom. The molecule has 5 nitrogen and oxygen atoms in total. The Kier molecular flexibility index (Phi) is 2.45. The summed E-state index contributed by atoms with van der Waals surface area (Å²) in [7, 11) is 1.40. The van der Waals surface area contributed by atoms with Crippen molar-refractivity contribution in [2.45, 2.75) is 6.54 Å². The molecule has 0 spiro atoms. The van der Waals surface area contributed by atoms with Gasteiger partial charge in [0.1, 0.15) is 5.82 Å². The molecule has 2 heterocycles. The van der Waals surface area contributed by atoms with Crippen LogP contribution in [0.5, 0.6) is 0 Å². The second-order valence-electron chi connectivity index (χ2n) is 3.12. The predicted molar refractivity (Wildman–Crippen MR) is 53.9 cm³/mol. The summed E-state index contributed by atoms with van der Waals surface area (Å²) in [5.74, 6) is 0.569. The van der Waals surface area contributed by atoms with Crippen molar-refractivity contribution in [1.82, 2.24) is 9.78 Å². The minimum absolute atomic E-state index is 0.153. The summed E-state index contributed by atoms with van der Waals surface area (Å²) in [5, 5.41) is 7.25. The zero-order valence-corrected chi connectivity index (χ0v) is 9.24. The molecule has 0 saturated heterocycles. The number of carbonyl (C=O) groups excluding carboxylic acids is 1. The Bertz CT molecular complexity index is 363. The number of hydrogen-bond donors (Lipinski definition) is 1. The zero-order chi connectivity index (χ0) is 10.1. The van der Waals surface area contributed by atoms with Gasteiger partial charge in [-0.15, -0.1) is 0 Å². The lowest BCUT2D eigenvalue weighted by Gasteiger charge is -2.23. The van der Waals surface area contributed by atoms with Crippen LogP contribution in [0.1, 0.15) is 0 Å². The van der Waals surface area contributed by atoms with E-state index in [1.54, 1.807) is 10.9 Å². The summed E-state index contributed by atoms with van der Waals surface area (Å²) in [5.41, 5.74) is 0. The molecule has 0 aliphatic carbocycles. The molecule has 2 rings (SSSR count). The second-order valence-corrected chi connectivity index (χ2v) is 3.98. The number of rotatable bonds is 1. The van der Waals surface area contributed by atoms with Crippen LogP contribution < -0.4 is 5.32 Å². The van der Waals surface area contributed by atoms with E-state index in [-0.39, 0.29) is 11.9 Å². The number of methoxy groups -OCH3 is 1. The van der Waals surface area contributed by atoms with Crippen LogP contribution in [-0.2, 0) is 16.1 Å². The molecule has 0 radical (unpaired) electrons. The highest BCUT2D eigenvalue weighted by atomic mass is 79.9. The van der Waals surface area contributed by atoms with Gasteiger partial charge in [0.25, 0.3) is 0 Å². The van der Waals surface area contributed by atoms with Crippen molar-refractivity contribution in [2.75, 3.05) is 19.0 Å². The van der Waals surface area contributed by atoms with Crippen molar-refractivity contribution >= 4 is 27.7 Å². The van der Waals surface area contributed by atoms with E-state index < -0.39 is 0 Å². The lowest BCUT2D eigenvalue weighted by atomic mass is 10.1. The fraction of sp³-hybridized carbons (Fsp3) is 0.500. The predicted octanol–water partition coefficient (Wildman–Crippen LogP) is 0.860. The van der Waals surface area contributed by atoms with Crippen LogP contribution in [-0.4, -0.2) is 29.4 Å². The first-order valence-electron chi connectivity index (χ1n) is 4.25. The lowest BCUT2D eigenvalue weighted by Crippen LogP contribution is -2.34. The number of esters is 1. The van der Waals surface area contributed by atoms with Gasteiger partial charge in [-0.25, -0.2) is 4.68 Å². The van der Waals surface area contributed by atoms with Gasteiger partial charge >= 0.3 is 5.97 Å². The van der Waals surface area contributed by atoms with Crippen molar-refractivity contribution in [3.05, 3.63) is 10.7 Å². The van der Waals surface area contributed by atoms with Gasteiger partial charge in [0.05, 0.1) is 30.2 Å². The Morgan fingerprint density at radius 3 is 3.36 bits per heavy atom. The van der Waals surface area contributed by atoms with Crippen LogP contribution in [0.2, 0.25) is 0 Å². The maximum Gasteiger partial charge on any atom is 0.312 e. The monoisotopic (exact) mass is 259 g/mol. The molecule has 0 amide bonds. The molecule has 76 valence electrons. The Morgan fingerprint density at radius 2 is 2.64 bits per heavy atom. The number of aromatic nitrogens is 2. The number of nitrogens with zero attached hydrogens (tertiary/aromatic N) is 2. The Labute approximate surface area is 89.5 Å². The fourth-order valence-corrected chi connectivity index (χ4v) is 1.93. The largest absolute Gasteiger partial charge is 0.469 e. The third-order valence-electron chi connectivity index (χ3n) is 2.24. The summed E-state index contributed by atoms with van der Waals surface area (Å²) in [6, 6.07) is 0. The highest BCUT2D eigenvalue weighted by Crippen LogP contribution is 2.26. The van der Waals surface area contributed by atoms with Gasteiger partial charge in [-0.3, -0.25) is 4.79 Å². The van der Waals surface area contributed by atoms with E-state index in [9.17, 15) is 4.79 Å². The van der Waals surface area contributed by atoms with E-state index >= 15 is 0 Å². The maximum absolute atomic E-state index is 11.3. The standard InChI is InChI=1S/C8H10BrN3O2/c1-14-8(13)5-2-10-7-6(9)3-11-12(7)4-5/h3,5,10H,2,4H2,1H3.